The molecule has 0 spiro atoms. The second-order valence-corrected chi connectivity index (χ2v) is 4.99. The monoisotopic (exact) mass is 304 g/mol. The Morgan fingerprint density at radius 1 is 1.38 bits per heavy atom. The smallest absolute Gasteiger partial charge is 0.274 e. The van der Waals surface area contributed by atoms with Gasteiger partial charge in [0.15, 0.2) is 0 Å². The summed E-state index contributed by atoms with van der Waals surface area (Å²) in [7, 11) is 1.72. The number of aromatic nitrogens is 2. The molecule has 0 aromatic carbocycles. The van der Waals surface area contributed by atoms with Crippen molar-refractivity contribution in [3.63, 3.8) is 0 Å². The lowest BCUT2D eigenvalue weighted by molar-refractivity contribution is 0.0779. The van der Waals surface area contributed by atoms with Gasteiger partial charge >= 0.3 is 0 Å². The molecule has 0 aliphatic heterocycles. The maximum absolute atomic E-state index is 12.5. The van der Waals surface area contributed by atoms with Crippen molar-refractivity contribution in [3.05, 3.63) is 52.9 Å². The Labute approximate surface area is 129 Å². The number of carbonyl (C=O) groups is 1. The average Bonchev–Trinajstić information content (AvgIpc) is 2.50. The first-order chi connectivity index (χ1) is 10.1. The zero-order chi connectivity index (χ0) is 15.2. The van der Waals surface area contributed by atoms with Gasteiger partial charge in [0.2, 0.25) is 0 Å². The molecule has 2 aromatic rings. The largest absolute Gasteiger partial charge is 0.370 e. The Morgan fingerprint density at radius 2 is 2.19 bits per heavy atom. The lowest BCUT2D eigenvalue weighted by Crippen LogP contribution is -2.27. The standard InChI is InChI=1S/C15H17ClN4O/c1-3-18-13-7-6-12(16)14(19-13)15(21)20(2)10-11-5-4-8-17-9-11/h4-9H,3,10H2,1-2H3,(H,18,19). The minimum Gasteiger partial charge on any atom is -0.370 e. The van der Waals surface area contributed by atoms with Crippen LogP contribution >= 0.6 is 11.6 Å². The van der Waals surface area contributed by atoms with Gasteiger partial charge in [-0.3, -0.25) is 9.78 Å². The first-order valence-electron chi connectivity index (χ1n) is 6.66. The molecule has 1 amide bonds. The molecule has 21 heavy (non-hydrogen) atoms. The number of rotatable bonds is 5. The first-order valence-corrected chi connectivity index (χ1v) is 7.04. The molecular weight excluding hydrogens is 288 g/mol. The molecule has 1 N–H and O–H groups in total. The number of hydrogen-bond donors (Lipinski definition) is 1. The van der Waals surface area contributed by atoms with Gasteiger partial charge in [0.1, 0.15) is 11.5 Å². The predicted octanol–water partition coefficient (Wildman–Crippen LogP) is 2.83. The molecule has 2 heterocycles. The van der Waals surface area contributed by atoms with Crippen LogP contribution in [0, 0.1) is 0 Å². The molecule has 0 aliphatic rings. The molecule has 0 atom stereocenters. The third-order valence-electron chi connectivity index (χ3n) is 2.90. The molecule has 0 saturated heterocycles. The van der Waals surface area contributed by atoms with Crippen molar-refractivity contribution in [2.75, 3.05) is 18.9 Å². The van der Waals surface area contributed by atoms with Crippen LogP contribution in [0.4, 0.5) is 5.82 Å². The summed E-state index contributed by atoms with van der Waals surface area (Å²) >= 11 is 6.09. The van der Waals surface area contributed by atoms with Crippen molar-refractivity contribution in [1.29, 1.82) is 0 Å². The Bertz CT molecular complexity index is 618. The summed E-state index contributed by atoms with van der Waals surface area (Å²) in [5.41, 5.74) is 1.20. The second kappa shape index (κ2) is 7.04. The van der Waals surface area contributed by atoms with Gasteiger partial charge in [-0.15, -0.1) is 0 Å². The molecule has 2 rings (SSSR count). The first kappa shape index (κ1) is 15.3. The van der Waals surface area contributed by atoms with E-state index in [1.54, 1.807) is 36.5 Å². The summed E-state index contributed by atoms with van der Waals surface area (Å²) in [5.74, 6) is 0.420. The lowest BCUT2D eigenvalue weighted by atomic mass is 10.2. The van der Waals surface area contributed by atoms with E-state index in [0.717, 1.165) is 12.1 Å². The third-order valence-corrected chi connectivity index (χ3v) is 3.20. The topological polar surface area (TPSA) is 58.1 Å². The zero-order valence-electron chi connectivity index (χ0n) is 12.0. The molecule has 0 radical (unpaired) electrons. The molecule has 0 unspecified atom stereocenters. The highest BCUT2D eigenvalue weighted by molar-refractivity contribution is 6.33. The van der Waals surface area contributed by atoms with E-state index in [9.17, 15) is 4.79 Å². The summed E-state index contributed by atoms with van der Waals surface area (Å²) in [6, 6.07) is 7.19. The zero-order valence-corrected chi connectivity index (χ0v) is 12.8. The number of amides is 1. The van der Waals surface area contributed by atoms with Gasteiger partial charge in [-0.05, 0) is 30.7 Å². The van der Waals surface area contributed by atoms with E-state index < -0.39 is 0 Å². The van der Waals surface area contributed by atoms with E-state index in [-0.39, 0.29) is 11.6 Å². The highest BCUT2D eigenvalue weighted by atomic mass is 35.5. The molecule has 6 heteroatoms. The number of nitrogens with one attached hydrogen (secondary N) is 1. The number of hydrogen-bond acceptors (Lipinski definition) is 4. The van der Waals surface area contributed by atoms with Gasteiger partial charge in [-0.2, -0.15) is 0 Å². The molecule has 2 aromatic heterocycles. The lowest BCUT2D eigenvalue weighted by Gasteiger charge is -2.17. The molecule has 0 fully saturated rings. The molecule has 110 valence electrons. The van der Waals surface area contributed by atoms with Crippen LogP contribution in [0.5, 0.6) is 0 Å². The summed E-state index contributed by atoms with van der Waals surface area (Å²) in [6.07, 6.45) is 3.43. The fourth-order valence-electron chi connectivity index (χ4n) is 1.89. The highest BCUT2D eigenvalue weighted by Gasteiger charge is 2.17. The summed E-state index contributed by atoms with van der Waals surface area (Å²) < 4.78 is 0. The molecule has 0 bridgehead atoms. The van der Waals surface area contributed by atoms with E-state index in [1.165, 1.54) is 0 Å². The van der Waals surface area contributed by atoms with Crippen molar-refractivity contribution >= 4 is 23.3 Å². The number of pyridine rings is 2. The average molecular weight is 305 g/mol. The fraction of sp³-hybridized carbons (Fsp3) is 0.267. The molecule has 0 aliphatic carbocycles. The van der Waals surface area contributed by atoms with Crippen LogP contribution in [0.15, 0.2) is 36.7 Å². The van der Waals surface area contributed by atoms with Gasteiger partial charge in [-0.25, -0.2) is 4.98 Å². The van der Waals surface area contributed by atoms with Gasteiger partial charge in [0.25, 0.3) is 5.91 Å². The Morgan fingerprint density at radius 3 is 2.86 bits per heavy atom. The SMILES string of the molecule is CCNc1ccc(Cl)c(C(=O)N(C)Cc2cccnc2)n1. The van der Waals surface area contributed by atoms with Crippen LogP contribution < -0.4 is 5.32 Å². The van der Waals surface area contributed by atoms with E-state index in [4.69, 9.17) is 11.6 Å². The summed E-state index contributed by atoms with van der Waals surface area (Å²) in [5, 5.41) is 3.42. The normalized spacial score (nSPS) is 10.2. The molecular formula is C15H17ClN4O. The Balaban J connectivity index is 2.17. The quantitative estimate of drug-likeness (QED) is 0.923. The number of nitrogens with zero attached hydrogens (tertiary/aromatic N) is 3. The number of halogens is 1. The van der Waals surface area contributed by atoms with Crippen LogP contribution in [0.1, 0.15) is 23.0 Å². The van der Waals surface area contributed by atoms with Gasteiger partial charge < -0.3 is 10.2 Å². The number of carbonyl (C=O) groups excluding carboxylic acids is 1. The maximum Gasteiger partial charge on any atom is 0.274 e. The molecule has 0 saturated carbocycles. The maximum atomic E-state index is 12.5. The van der Waals surface area contributed by atoms with Crippen LogP contribution in [-0.2, 0) is 6.54 Å². The summed E-state index contributed by atoms with van der Waals surface area (Å²) in [4.78, 5) is 22.3. The Hall–Kier alpha value is -2.14. The number of anilines is 1. The third kappa shape index (κ3) is 3.92. The van der Waals surface area contributed by atoms with Crippen LogP contribution in [0.2, 0.25) is 5.02 Å². The minimum absolute atomic E-state index is 0.219. The highest BCUT2D eigenvalue weighted by Crippen LogP contribution is 2.18. The van der Waals surface area contributed by atoms with Crippen molar-refractivity contribution in [2.45, 2.75) is 13.5 Å². The van der Waals surface area contributed by atoms with Crippen molar-refractivity contribution in [3.8, 4) is 0 Å². The van der Waals surface area contributed by atoms with E-state index >= 15 is 0 Å². The van der Waals surface area contributed by atoms with E-state index in [1.807, 2.05) is 19.1 Å². The van der Waals surface area contributed by atoms with Gasteiger partial charge in [-0.1, -0.05) is 17.7 Å². The van der Waals surface area contributed by atoms with E-state index in [0.29, 0.717) is 17.4 Å². The second-order valence-electron chi connectivity index (χ2n) is 4.58. The molecule has 5 nitrogen and oxygen atoms in total. The van der Waals surface area contributed by atoms with Crippen LogP contribution in [0.3, 0.4) is 0 Å². The van der Waals surface area contributed by atoms with Gasteiger partial charge in [0, 0.05) is 32.5 Å². The van der Waals surface area contributed by atoms with Crippen molar-refractivity contribution in [2.24, 2.45) is 0 Å². The van der Waals surface area contributed by atoms with E-state index in [2.05, 4.69) is 15.3 Å². The van der Waals surface area contributed by atoms with Crippen molar-refractivity contribution < 1.29 is 4.79 Å². The van der Waals surface area contributed by atoms with Gasteiger partial charge in [0.05, 0.1) is 5.02 Å². The predicted molar refractivity (Wildman–Crippen MR) is 83.4 cm³/mol. The summed E-state index contributed by atoms with van der Waals surface area (Å²) in [6.45, 7) is 3.15. The van der Waals surface area contributed by atoms with Crippen molar-refractivity contribution in [1.82, 2.24) is 14.9 Å². The van der Waals surface area contributed by atoms with Crippen LogP contribution in [0.25, 0.3) is 0 Å². The van der Waals surface area contributed by atoms with Crippen LogP contribution in [-0.4, -0.2) is 34.4 Å². The fourth-order valence-corrected chi connectivity index (χ4v) is 2.08. The Kier molecular flexibility index (Phi) is 5.11. The minimum atomic E-state index is -0.219.